The molecule has 4 fully saturated rings. The molecule has 4 saturated heterocycles. The minimum absolute atomic E-state index is 0.0210. The first-order chi connectivity index (χ1) is 20.8. The topological polar surface area (TPSA) is 83.8 Å². The first-order valence-electron chi connectivity index (χ1n) is 14.7. The number of aromatic nitrogens is 3. The van der Waals surface area contributed by atoms with Crippen LogP contribution in [0.2, 0.25) is 0 Å². The second-order valence-corrected chi connectivity index (χ2v) is 12.2. The number of rotatable bonds is 5. The van der Waals surface area contributed by atoms with Gasteiger partial charge in [-0.05, 0) is 55.8 Å². The smallest absolute Gasteiger partial charge is 0.319 e. The van der Waals surface area contributed by atoms with Gasteiger partial charge in [0.1, 0.15) is 35.6 Å². The lowest BCUT2D eigenvalue weighted by Crippen LogP contribution is -2.44. The fourth-order valence-electron chi connectivity index (χ4n) is 7.52. The van der Waals surface area contributed by atoms with Crippen LogP contribution in [0.3, 0.4) is 0 Å². The molecule has 4 atom stereocenters. The highest BCUT2D eigenvalue weighted by Gasteiger charge is 2.49. The van der Waals surface area contributed by atoms with Gasteiger partial charge in [0, 0.05) is 43.2 Å². The number of hydrogen-bond donors (Lipinski definition) is 1. The molecule has 6 heterocycles. The van der Waals surface area contributed by atoms with Gasteiger partial charge in [-0.2, -0.15) is 9.97 Å². The zero-order valence-electron chi connectivity index (χ0n) is 23.2. The van der Waals surface area contributed by atoms with E-state index in [0.29, 0.717) is 37.3 Å². The number of ether oxygens (including phenoxy) is 2. The maximum atomic E-state index is 16.5. The zero-order valence-corrected chi connectivity index (χ0v) is 23.2. The van der Waals surface area contributed by atoms with Crippen LogP contribution in [0.1, 0.15) is 32.1 Å². The summed E-state index contributed by atoms with van der Waals surface area (Å²) in [6.45, 7) is 2.42. The molecule has 8 nitrogen and oxygen atoms in total. The van der Waals surface area contributed by atoms with E-state index in [2.05, 4.69) is 14.9 Å². The van der Waals surface area contributed by atoms with Crippen LogP contribution in [0.5, 0.6) is 11.8 Å². The van der Waals surface area contributed by atoms with E-state index in [4.69, 9.17) is 14.5 Å². The van der Waals surface area contributed by atoms with Crippen molar-refractivity contribution in [3.8, 4) is 23.0 Å². The lowest BCUT2D eigenvalue weighted by Gasteiger charge is -2.34. The number of phenols is 1. The van der Waals surface area contributed by atoms with Crippen LogP contribution in [-0.4, -0.2) is 81.7 Å². The number of alkyl halides is 1. The lowest BCUT2D eigenvalue weighted by atomic mass is 9.95. The molecule has 0 spiro atoms. The summed E-state index contributed by atoms with van der Waals surface area (Å²) in [6, 6.07) is 4.63. The molecule has 2 aromatic heterocycles. The molecule has 0 aliphatic carbocycles. The van der Waals surface area contributed by atoms with Crippen molar-refractivity contribution in [1.82, 2.24) is 19.9 Å². The Morgan fingerprint density at radius 1 is 1.05 bits per heavy atom. The highest BCUT2D eigenvalue weighted by molar-refractivity contribution is 6.00. The predicted octanol–water partition coefficient (Wildman–Crippen LogP) is 5.29. The van der Waals surface area contributed by atoms with Crippen LogP contribution in [0.4, 0.5) is 23.4 Å². The van der Waals surface area contributed by atoms with Crippen molar-refractivity contribution in [2.75, 3.05) is 37.7 Å². The third-order valence-corrected chi connectivity index (χ3v) is 9.46. The Hall–Kier alpha value is -3.77. The number of phenolic OH excluding ortho intramolecular Hbond substituents is 1. The van der Waals surface area contributed by atoms with Crippen molar-refractivity contribution in [3.05, 3.63) is 47.9 Å². The molecule has 43 heavy (non-hydrogen) atoms. The summed E-state index contributed by atoms with van der Waals surface area (Å²) in [5, 5.41) is 10.7. The van der Waals surface area contributed by atoms with Gasteiger partial charge in [0.2, 0.25) is 0 Å². The number of pyridine rings is 1. The molecule has 8 rings (SSSR count). The Labute approximate surface area is 244 Å². The van der Waals surface area contributed by atoms with Crippen LogP contribution >= 0.6 is 0 Å². The minimum Gasteiger partial charge on any atom is -0.508 e. The monoisotopic (exact) mass is 595 g/mol. The lowest BCUT2D eigenvalue weighted by molar-refractivity contribution is 0.0302. The van der Waals surface area contributed by atoms with Gasteiger partial charge in [0.05, 0.1) is 23.1 Å². The first-order valence-corrected chi connectivity index (χ1v) is 14.7. The number of nitrogens with zero attached hydrogens (tertiary/aromatic N) is 5. The summed E-state index contributed by atoms with van der Waals surface area (Å²) in [7, 11) is 0. The number of anilines is 1. The summed E-state index contributed by atoms with van der Waals surface area (Å²) < 4.78 is 72.4. The Bertz CT molecular complexity index is 1760. The predicted molar refractivity (Wildman–Crippen MR) is 150 cm³/mol. The molecular weight excluding hydrogens is 566 g/mol. The van der Waals surface area contributed by atoms with Crippen LogP contribution in [0, 0.1) is 17.5 Å². The molecule has 4 aliphatic rings. The number of morpholine rings is 1. The van der Waals surface area contributed by atoms with E-state index in [9.17, 15) is 13.9 Å². The highest BCUT2D eigenvalue weighted by Crippen LogP contribution is 2.42. The summed E-state index contributed by atoms with van der Waals surface area (Å²) in [5.41, 5.74) is -0.973. The number of aromatic hydroxyl groups is 1. The number of hydrogen-bond acceptors (Lipinski definition) is 8. The number of halogens is 4. The maximum absolute atomic E-state index is 16.5. The van der Waals surface area contributed by atoms with E-state index < -0.39 is 29.2 Å². The molecule has 1 N–H and O–H groups in total. The number of benzene rings is 2. The van der Waals surface area contributed by atoms with Gasteiger partial charge >= 0.3 is 6.01 Å². The molecule has 0 saturated carbocycles. The van der Waals surface area contributed by atoms with Gasteiger partial charge in [0.25, 0.3) is 0 Å². The zero-order chi connectivity index (χ0) is 29.5. The third kappa shape index (κ3) is 4.36. The SMILES string of the molecule is Oc1cc(-c2ncc3c(N4CC5CCC(C4)O5)nc(OC[C@@]45CCCN4C[C@H](F)C5)nc3c2F)c2c(F)c(F)ccc2c1. The van der Waals surface area contributed by atoms with Gasteiger partial charge < -0.3 is 19.5 Å². The van der Waals surface area contributed by atoms with Gasteiger partial charge in [-0.15, -0.1) is 0 Å². The van der Waals surface area contributed by atoms with Crippen LogP contribution in [0.25, 0.3) is 32.9 Å². The Morgan fingerprint density at radius 2 is 1.86 bits per heavy atom. The normalized spacial score (nSPS) is 27.0. The van der Waals surface area contributed by atoms with Crippen molar-refractivity contribution >= 4 is 27.5 Å². The standard InChI is InChI=1S/C31H29F4N5O3/c32-17-10-31(6-1-7-40(31)12-17)15-42-30-37-28-22(29(38-30)39-13-19-3-4-20(14-39)43-19)11-36-27(26(28)35)21-9-18(41)8-16-2-5-23(33)25(34)24(16)21/h2,5,8-9,11,17,19-20,41H,1,3-4,6-7,10,12-15H2/t17-,19?,20?,31+/m1/s1. The van der Waals surface area contributed by atoms with Crippen molar-refractivity contribution < 1.29 is 32.1 Å². The molecular formula is C31H29F4N5O3. The molecule has 0 radical (unpaired) electrons. The largest absolute Gasteiger partial charge is 0.508 e. The summed E-state index contributed by atoms with van der Waals surface area (Å²) in [6.07, 6.45) is 4.44. The Morgan fingerprint density at radius 3 is 2.67 bits per heavy atom. The maximum Gasteiger partial charge on any atom is 0.319 e. The molecule has 2 bridgehead atoms. The van der Waals surface area contributed by atoms with Crippen molar-refractivity contribution in [3.63, 3.8) is 0 Å². The second-order valence-electron chi connectivity index (χ2n) is 12.2. The average molecular weight is 596 g/mol. The van der Waals surface area contributed by atoms with E-state index in [1.165, 1.54) is 18.3 Å². The van der Waals surface area contributed by atoms with E-state index in [-0.39, 0.29) is 58.1 Å². The molecule has 4 aromatic rings. The van der Waals surface area contributed by atoms with Crippen LogP contribution < -0.4 is 9.64 Å². The Balaban J connectivity index is 1.26. The van der Waals surface area contributed by atoms with E-state index in [0.717, 1.165) is 44.4 Å². The van der Waals surface area contributed by atoms with Gasteiger partial charge in [-0.1, -0.05) is 6.07 Å². The van der Waals surface area contributed by atoms with Crippen molar-refractivity contribution in [2.45, 2.75) is 56.0 Å². The van der Waals surface area contributed by atoms with Gasteiger partial charge in [-0.25, -0.2) is 17.6 Å². The third-order valence-electron chi connectivity index (χ3n) is 9.46. The van der Waals surface area contributed by atoms with E-state index >= 15 is 8.78 Å². The Kier molecular flexibility index (Phi) is 6.16. The first kappa shape index (κ1) is 26.8. The average Bonchev–Trinajstić information content (AvgIpc) is 3.63. The molecule has 224 valence electrons. The molecule has 2 aromatic carbocycles. The highest BCUT2D eigenvalue weighted by atomic mass is 19.2. The minimum atomic E-state index is -1.17. The second kappa shape index (κ2) is 9.88. The number of fused-ring (bicyclic) bond motifs is 5. The molecule has 2 unspecified atom stereocenters. The van der Waals surface area contributed by atoms with Crippen LogP contribution in [0.15, 0.2) is 30.5 Å². The summed E-state index contributed by atoms with van der Waals surface area (Å²) >= 11 is 0. The molecule has 4 aliphatic heterocycles. The fourth-order valence-corrected chi connectivity index (χ4v) is 7.52. The van der Waals surface area contributed by atoms with Crippen molar-refractivity contribution in [1.29, 1.82) is 0 Å². The quantitative estimate of drug-likeness (QED) is 0.312. The van der Waals surface area contributed by atoms with Crippen molar-refractivity contribution in [2.24, 2.45) is 0 Å². The van der Waals surface area contributed by atoms with Gasteiger partial charge in [-0.3, -0.25) is 9.88 Å². The van der Waals surface area contributed by atoms with E-state index in [1.807, 2.05) is 4.90 Å². The van der Waals surface area contributed by atoms with Gasteiger partial charge in [0.15, 0.2) is 17.5 Å². The fraction of sp³-hybridized carbons (Fsp3) is 0.452. The van der Waals surface area contributed by atoms with Crippen LogP contribution in [-0.2, 0) is 4.74 Å². The molecule has 0 amide bonds. The summed E-state index contributed by atoms with van der Waals surface area (Å²) in [4.78, 5) is 17.6. The molecule has 12 heteroatoms. The summed E-state index contributed by atoms with van der Waals surface area (Å²) in [5.74, 6) is -2.98. The van der Waals surface area contributed by atoms with E-state index in [1.54, 1.807) is 0 Å².